The van der Waals surface area contributed by atoms with E-state index in [0.717, 1.165) is 23.7 Å². The van der Waals surface area contributed by atoms with Crippen molar-refractivity contribution in [2.45, 2.75) is 84.5 Å². The smallest absolute Gasteiger partial charge is 0.0162 e. The van der Waals surface area contributed by atoms with Crippen molar-refractivity contribution in [1.29, 1.82) is 0 Å². The lowest BCUT2D eigenvalue weighted by atomic mass is 9.68. The Kier molecular flexibility index (Phi) is 6.24. The summed E-state index contributed by atoms with van der Waals surface area (Å²) in [4.78, 5) is 0. The molecular weight excluding hydrogens is 300 g/mol. The number of rotatable bonds is 4. The van der Waals surface area contributed by atoms with Gasteiger partial charge in [-0.05, 0) is 131 Å². The van der Waals surface area contributed by atoms with Crippen molar-refractivity contribution >= 4 is 0 Å². The predicted molar refractivity (Wildman–Crippen MR) is 109 cm³/mol. The second-order valence-corrected chi connectivity index (χ2v) is 8.82. The molecule has 0 aromatic heterocycles. The van der Waals surface area contributed by atoms with Gasteiger partial charge in [-0.2, -0.15) is 0 Å². The summed E-state index contributed by atoms with van der Waals surface area (Å²) in [6.07, 6.45) is 14.9. The van der Waals surface area contributed by atoms with E-state index in [1.54, 1.807) is 5.56 Å². The standard InChI is InChI=1S/C25H36/c1-5-6-7-21-8-10-22(11-9-21)23-12-14-24(15-13-23)25-16-18(2)20(4)19(3)17-25/h6,16-17,21-24H,1,7-15H2,2-4H3. The van der Waals surface area contributed by atoms with Gasteiger partial charge in [-0.1, -0.05) is 18.7 Å². The highest BCUT2D eigenvalue weighted by Gasteiger charge is 2.31. The lowest BCUT2D eigenvalue weighted by molar-refractivity contribution is 0.160. The van der Waals surface area contributed by atoms with Gasteiger partial charge in [0.05, 0.1) is 0 Å². The quantitative estimate of drug-likeness (QED) is 0.502. The van der Waals surface area contributed by atoms with Crippen molar-refractivity contribution in [2.75, 3.05) is 0 Å². The first-order valence-electron chi connectivity index (χ1n) is 10.5. The van der Waals surface area contributed by atoms with Crippen molar-refractivity contribution in [3.63, 3.8) is 0 Å². The van der Waals surface area contributed by atoms with E-state index in [2.05, 4.69) is 51.3 Å². The zero-order valence-corrected chi connectivity index (χ0v) is 16.6. The number of hydrogen-bond donors (Lipinski definition) is 0. The molecule has 2 saturated carbocycles. The maximum atomic E-state index is 3.70. The fourth-order valence-electron chi connectivity index (χ4n) is 5.37. The van der Waals surface area contributed by atoms with Crippen LogP contribution in [-0.4, -0.2) is 0 Å². The summed E-state index contributed by atoms with van der Waals surface area (Å²) in [5, 5.41) is 0. The Morgan fingerprint density at radius 2 is 1.40 bits per heavy atom. The predicted octanol–water partition coefficient (Wildman–Crippen LogP) is 7.42. The van der Waals surface area contributed by atoms with E-state index in [9.17, 15) is 0 Å². The topological polar surface area (TPSA) is 0 Å². The van der Waals surface area contributed by atoms with Crippen molar-refractivity contribution in [3.8, 4) is 0 Å². The van der Waals surface area contributed by atoms with Crippen molar-refractivity contribution in [3.05, 3.63) is 52.8 Å². The molecule has 0 heteroatoms. The van der Waals surface area contributed by atoms with E-state index in [1.807, 2.05) is 0 Å². The van der Waals surface area contributed by atoms with Crippen LogP contribution < -0.4 is 0 Å². The van der Waals surface area contributed by atoms with Crippen molar-refractivity contribution < 1.29 is 0 Å². The van der Waals surface area contributed by atoms with Crippen LogP contribution in [0.25, 0.3) is 0 Å². The molecule has 136 valence electrons. The van der Waals surface area contributed by atoms with Gasteiger partial charge in [0, 0.05) is 0 Å². The maximum absolute atomic E-state index is 3.70. The molecule has 0 saturated heterocycles. The van der Waals surface area contributed by atoms with E-state index in [1.165, 1.54) is 74.5 Å². The molecular formula is C25H36. The highest BCUT2D eigenvalue weighted by molar-refractivity contribution is 5.38. The highest BCUT2D eigenvalue weighted by atomic mass is 14.4. The normalized spacial score (nSPS) is 29.9. The molecule has 1 aromatic carbocycles. The molecule has 0 unspecified atom stereocenters. The second-order valence-electron chi connectivity index (χ2n) is 8.82. The Morgan fingerprint density at radius 3 is 1.92 bits per heavy atom. The maximum Gasteiger partial charge on any atom is -0.0162 e. The van der Waals surface area contributed by atoms with Crippen molar-refractivity contribution in [2.24, 2.45) is 17.8 Å². The summed E-state index contributed by atoms with van der Waals surface area (Å²) in [6.45, 7) is 10.5. The Morgan fingerprint density at radius 1 is 0.880 bits per heavy atom. The van der Waals surface area contributed by atoms with Crippen LogP contribution in [0.1, 0.15) is 86.0 Å². The van der Waals surface area contributed by atoms with E-state index in [4.69, 9.17) is 0 Å². The third kappa shape index (κ3) is 4.48. The first-order chi connectivity index (χ1) is 12.1. The average Bonchev–Trinajstić information content (AvgIpc) is 2.64. The van der Waals surface area contributed by atoms with Crippen LogP contribution in [0.4, 0.5) is 0 Å². The minimum Gasteiger partial charge on any atom is -0.133 e. The molecule has 2 aliphatic rings. The van der Waals surface area contributed by atoms with Gasteiger partial charge >= 0.3 is 0 Å². The number of hydrogen-bond acceptors (Lipinski definition) is 0. The zero-order valence-electron chi connectivity index (χ0n) is 16.6. The molecule has 0 bridgehead atoms. The molecule has 0 atom stereocenters. The van der Waals surface area contributed by atoms with Gasteiger partial charge in [-0.25, -0.2) is 0 Å². The van der Waals surface area contributed by atoms with Gasteiger partial charge in [0.1, 0.15) is 0 Å². The van der Waals surface area contributed by atoms with E-state index < -0.39 is 0 Å². The summed E-state index contributed by atoms with van der Waals surface area (Å²) in [5.41, 5.74) is 8.98. The molecule has 0 heterocycles. The number of allylic oxidation sites excluding steroid dienone is 1. The Labute approximate surface area is 155 Å². The minimum absolute atomic E-state index is 0.809. The molecule has 2 aliphatic carbocycles. The van der Waals surface area contributed by atoms with E-state index in [0.29, 0.717) is 0 Å². The van der Waals surface area contributed by atoms with Gasteiger partial charge in [0.15, 0.2) is 0 Å². The van der Waals surface area contributed by atoms with Crippen molar-refractivity contribution in [1.82, 2.24) is 0 Å². The zero-order chi connectivity index (χ0) is 17.8. The molecule has 25 heavy (non-hydrogen) atoms. The van der Waals surface area contributed by atoms with Crippen LogP contribution >= 0.6 is 0 Å². The molecule has 0 amide bonds. The Balaban J connectivity index is 1.52. The van der Waals surface area contributed by atoms with Gasteiger partial charge < -0.3 is 0 Å². The fourth-order valence-corrected chi connectivity index (χ4v) is 5.37. The molecule has 0 N–H and O–H groups in total. The number of benzene rings is 1. The Hall–Kier alpha value is -1.26. The molecule has 0 nitrogen and oxygen atoms in total. The first kappa shape index (κ1) is 18.5. The van der Waals surface area contributed by atoms with Gasteiger partial charge in [-0.3, -0.25) is 0 Å². The number of aryl methyl sites for hydroxylation is 2. The summed E-state index contributed by atoms with van der Waals surface area (Å²) in [6, 6.07) is 4.93. The second kappa shape index (κ2) is 8.41. The van der Waals surface area contributed by atoms with Crippen LogP contribution in [0.5, 0.6) is 0 Å². The van der Waals surface area contributed by atoms with Crippen LogP contribution in [0.3, 0.4) is 0 Å². The van der Waals surface area contributed by atoms with Crippen LogP contribution in [0.2, 0.25) is 0 Å². The largest absolute Gasteiger partial charge is 0.133 e. The lowest BCUT2D eigenvalue weighted by Crippen LogP contribution is -2.25. The summed E-state index contributed by atoms with van der Waals surface area (Å²) >= 11 is 0. The third-order valence-electron chi connectivity index (χ3n) is 7.35. The third-order valence-corrected chi connectivity index (χ3v) is 7.35. The van der Waals surface area contributed by atoms with Gasteiger partial charge in [0.2, 0.25) is 0 Å². The SMILES string of the molecule is C=C=CCC1CCC(C2CCC(c3cc(C)c(C)c(C)c3)CC2)CC1. The van der Waals surface area contributed by atoms with Gasteiger partial charge in [-0.15, -0.1) is 5.73 Å². The summed E-state index contributed by atoms with van der Waals surface area (Å²) in [7, 11) is 0. The van der Waals surface area contributed by atoms with Crippen LogP contribution in [0, 0.1) is 38.5 Å². The molecule has 0 aliphatic heterocycles. The highest BCUT2D eigenvalue weighted by Crippen LogP contribution is 2.44. The minimum atomic E-state index is 0.809. The monoisotopic (exact) mass is 336 g/mol. The van der Waals surface area contributed by atoms with Crippen LogP contribution in [0.15, 0.2) is 30.5 Å². The molecule has 0 radical (unpaired) electrons. The fraction of sp³-hybridized carbons (Fsp3) is 0.640. The molecule has 1 aromatic rings. The molecule has 0 spiro atoms. The molecule has 2 fully saturated rings. The van der Waals surface area contributed by atoms with E-state index in [-0.39, 0.29) is 0 Å². The average molecular weight is 337 g/mol. The summed E-state index contributed by atoms with van der Waals surface area (Å²) in [5.74, 6) is 3.72. The van der Waals surface area contributed by atoms with Crippen LogP contribution in [-0.2, 0) is 0 Å². The Bertz CT molecular complexity index is 592. The lowest BCUT2D eigenvalue weighted by Gasteiger charge is -2.38. The molecule has 3 rings (SSSR count). The van der Waals surface area contributed by atoms with E-state index >= 15 is 0 Å². The summed E-state index contributed by atoms with van der Waals surface area (Å²) < 4.78 is 0. The van der Waals surface area contributed by atoms with Gasteiger partial charge in [0.25, 0.3) is 0 Å². The first-order valence-corrected chi connectivity index (χ1v) is 10.5.